The quantitative estimate of drug-likeness (QED) is 0.828. The number of aliphatic hydroxyl groups excluding tert-OH is 1. The van der Waals surface area contributed by atoms with E-state index in [9.17, 15) is 9.90 Å². The van der Waals surface area contributed by atoms with E-state index in [2.05, 4.69) is 0 Å². The number of hydrogen-bond donors (Lipinski definition) is 1. The minimum absolute atomic E-state index is 0.0241. The molecule has 0 saturated carbocycles. The zero-order valence-corrected chi connectivity index (χ0v) is 12.5. The van der Waals surface area contributed by atoms with Crippen molar-refractivity contribution >= 4 is 5.78 Å². The molecule has 0 radical (unpaired) electrons. The van der Waals surface area contributed by atoms with Crippen LogP contribution in [0.4, 0.5) is 0 Å². The van der Waals surface area contributed by atoms with Gasteiger partial charge in [0, 0.05) is 17.7 Å². The van der Waals surface area contributed by atoms with Crippen LogP contribution in [0.5, 0.6) is 0 Å². The average Bonchev–Trinajstić information content (AvgIpc) is 2.47. The van der Waals surface area contributed by atoms with Crippen LogP contribution in [0.3, 0.4) is 0 Å². The molecular weight excluding hydrogens is 262 g/mol. The van der Waals surface area contributed by atoms with E-state index in [-0.39, 0.29) is 5.78 Å². The van der Waals surface area contributed by atoms with Gasteiger partial charge >= 0.3 is 0 Å². The highest BCUT2D eigenvalue weighted by molar-refractivity contribution is 6.08. The number of rotatable bonds is 6. The Balaban J connectivity index is 2.04. The predicted molar refractivity (Wildman–Crippen MR) is 84.6 cm³/mol. The third kappa shape index (κ3) is 4.52. The summed E-state index contributed by atoms with van der Waals surface area (Å²) in [6.45, 7) is 0.630. The second kappa shape index (κ2) is 7.16. The third-order valence-electron chi connectivity index (χ3n) is 3.30. The Labute approximate surface area is 125 Å². The molecule has 2 rings (SSSR count). The van der Waals surface area contributed by atoms with Crippen LogP contribution in [0.25, 0.3) is 0 Å². The van der Waals surface area contributed by atoms with Gasteiger partial charge in [0.05, 0.1) is 6.10 Å². The van der Waals surface area contributed by atoms with Crippen LogP contribution in [0, 0.1) is 0 Å². The van der Waals surface area contributed by atoms with Crippen molar-refractivity contribution < 1.29 is 9.90 Å². The van der Waals surface area contributed by atoms with Gasteiger partial charge in [0.15, 0.2) is 5.78 Å². The SMILES string of the molecule is CN(C)CC(O)Cc1ccc(C(=O)c2ccccc2)cc1. The van der Waals surface area contributed by atoms with E-state index >= 15 is 0 Å². The van der Waals surface area contributed by atoms with Gasteiger partial charge in [-0.15, -0.1) is 0 Å². The molecule has 2 aromatic carbocycles. The van der Waals surface area contributed by atoms with Crippen LogP contribution in [0.15, 0.2) is 54.6 Å². The maximum absolute atomic E-state index is 12.3. The number of carbonyl (C=O) groups is 1. The van der Waals surface area contributed by atoms with E-state index in [1.165, 1.54) is 0 Å². The summed E-state index contributed by atoms with van der Waals surface area (Å²) in [5.74, 6) is 0.0241. The topological polar surface area (TPSA) is 40.5 Å². The molecule has 0 aliphatic heterocycles. The lowest BCUT2D eigenvalue weighted by Gasteiger charge is -2.15. The maximum Gasteiger partial charge on any atom is 0.193 e. The molecule has 3 nitrogen and oxygen atoms in total. The lowest BCUT2D eigenvalue weighted by Crippen LogP contribution is -2.27. The monoisotopic (exact) mass is 283 g/mol. The largest absolute Gasteiger partial charge is 0.391 e. The summed E-state index contributed by atoms with van der Waals surface area (Å²) < 4.78 is 0. The molecule has 1 unspecified atom stereocenters. The molecule has 1 N–H and O–H groups in total. The number of ketones is 1. The van der Waals surface area contributed by atoms with Gasteiger partial charge in [0.2, 0.25) is 0 Å². The molecule has 21 heavy (non-hydrogen) atoms. The summed E-state index contributed by atoms with van der Waals surface area (Å²) in [6.07, 6.45) is 0.202. The van der Waals surface area contributed by atoms with E-state index in [1.807, 2.05) is 73.6 Å². The third-order valence-corrected chi connectivity index (χ3v) is 3.30. The van der Waals surface area contributed by atoms with Crippen LogP contribution in [-0.4, -0.2) is 42.5 Å². The first-order valence-electron chi connectivity index (χ1n) is 7.08. The van der Waals surface area contributed by atoms with Gasteiger partial charge in [-0.25, -0.2) is 0 Å². The fourth-order valence-electron chi connectivity index (χ4n) is 2.31. The Kier molecular flexibility index (Phi) is 5.26. The summed E-state index contributed by atoms with van der Waals surface area (Å²) in [4.78, 5) is 14.2. The van der Waals surface area contributed by atoms with Gasteiger partial charge in [-0.05, 0) is 26.1 Å². The number of carbonyl (C=O) groups excluding carboxylic acids is 1. The maximum atomic E-state index is 12.3. The Morgan fingerprint density at radius 3 is 2.14 bits per heavy atom. The Morgan fingerprint density at radius 2 is 1.57 bits per heavy atom. The minimum Gasteiger partial charge on any atom is -0.391 e. The summed E-state index contributed by atoms with van der Waals surface area (Å²) in [5, 5.41) is 9.92. The summed E-state index contributed by atoms with van der Waals surface area (Å²) in [5.41, 5.74) is 2.40. The van der Waals surface area contributed by atoms with Crippen molar-refractivity contribution in [2.45, 2.75) is 12.5 Å². The molecule has 0 fully saturated rings. The number of hydrogen-bond acceptors (Lipinski definition) is 3. The van der Waals surface area contributed by atoms with Crippen LogP contribution in [0.1, 0.15) is 21.5 Å². The van der Waals surface area contributed by atoms with Crippen LogP contribution in [-0.2, 0) is 6.42 Å². The standard InChI is InChI=1S/C18H21NO2/c1-19(2)13-17(20)12-14-8-10-16(11-9-14)18(21)15-6-4-3-5-7-15/h3-11,17,20H,12-13H2,1-2H3. The second-order valence-electron chi connectivity index (χ2n) is 5.51. The molecule has 0 aliphatic carbocycles. The number of likely N-dealkylation sites (N-methyl/N-ethyl adjacent to an activating group) is 1. The molecule has 0 amide bonds. The fourth-order valence-corrected chi connectivity index (χ4v) is 2.31. The molecule has 0 aromatic heterocycles. The van der Waals surface area contributed by atoms with Crippen molar-refractivity contribution in [3.05, 3.63) is 71.3 Å². The van der Waals surface area contributed by atoms with Gasteiger partial charge in [0.25, 0.3) is 0 Å². The number of aliphatic hydroxyl groups is 1. The molecule has 0 saturated heterocycles. The molecule has 3 heteroatoms. The molecule has 1 atom stereocenters. The van der Waals surface area contributed by atoms with Crippen molar-refractivity contribution in [2.24, 2.45) is 0 Å². The van der Waals surface area contributed by atoms with E-state index in [0.29, 0.717) is 24.1 Å². The van der Waals surface area contributed by atoms with Crippen molar-refractivity contribution in [1.29, 1.82) is 0 Å². The summed E-state index contributed by atoms with van der Waals surface area (Å²) in [7, 11) is 3.87. The van der Waals surface area contributed by atoms with Crippen molar-refractivity contribution in [2.75, 3.05) is 20.6 Å². The molecule has 110 valence electrons. The predicted octanol–water partition coefficient (Wildman–Crippen LogP) is 2.38. The van der Waals surface area contributed by atoms with Crippen LogP contribution < -0.4 is 0 Å². The van der Waals surface area contributed by atoms with Crippen molar-refractivity contribution in [3.63, 3.8) is 0 Å². The molecule has 0 bridgehead atoms. The molecule has 0 aliphatic rings. The highest BCUT2D eigenvalue weighted by atomic mass is 16.3. The van der Waals surface area contributed by atoms with Crippen molar-refractivity contribution in [3.8, 4) is 0 Å². The molecule has 0 heterocycles. The lowest BCUT2D eigenvalue weighted by atomic mass is 10.0. The van der Waals surface area contributed by atoms with Gasteiger partial charge < -0.3 is 10.0 Å². The fraction of sp³-hybridized carbons (Fsp3) is 0.278. The van der Waals surface area contributed by atoms with Gasteiger partial charge in [-0.1, -0.05) is 54.6 Å². The molecule has 0 spiro atoms. The zero-order valence-electron chi connectivity index (χ0n) is 12.5. The van der Waals surface area contributed by atoms with E-state index in [0.717, 1.165) is 5.56 Å². The van der Waals surface area contributed by atoms with E-state index in [1.54, 1.807) is 0 Å². The Hall–Kier alpha value is -1.97. The first-order valence-corrected chi connectivity index (χ1v) is 7.08. The average molecular weight is 283 g/mol. The minimum atomic E-state index is -0.393. The van der Waals surface area contributed by atoms with Crippen LogP contribution in [0.2, 0.25) is 0 Å². The van der Waals surface area contributed by atoms with Gasteiger partial charge in [-0.3, -0.25) is 4.79 Å². The summed E-state index contributed by atoms with van der Waals surface area (Å²) in [6, 6.07) is 16.7. The first kappa shape index (κ1) is 15.4. The Bertz CT molecular complexity index is 576. The number of nitrogens with zero attached hydrogens (tertiary/aromatic N) is 1. The zero-order chi connectivity index (χ0) is 15.2. The molecular formula is C18H21NO2. The normalized spacial score (nSPS) is 12.4. The second-order valence-corrected chi connectivity index (χ2v) is 5.51. The number of benzene rings is 2. The first-order chi connectivity index (χ1) is 10.1. The van der Waals surface area contributed by atoms with Gasteiger partial charge in [-0.2, -0.15) is 0 Å². The lowest BCUT2D eigenvalue weighted by molar-refractivity contribution is 0.103. The smallest absolute Gasteiger partial charge is 0.193 e. The van der Waals surface area contributed by atoms with E-state index < -0.39 is 6.10 Å². The molecule has 2 aromatic rings. The summed E-state index contributed by atoms with van der Waals surface area (Å²) >= 11 is 0. The van der Waals surface area contributed by atoms with Crippen molar-refractivity contribution in [1.82, 2.24) is 4.90 Å². The highest BCUT2D eigenvalue weighted by Crippen LogP contribution is 2.12. The highest BCUT2D eigenvalue weighted by Gasteiger charge is 2.10. The van der Waals surface area contributed by atoms with E-state index in [4.69, 9.17) is 0 Å². The van der Waals surface area contributed by atoms with Gasteiger partial charge in [0.1, 0.15) is 0 Å². The van der Waals surface area contributed by atoms with Crippen LogP contribution >= 0.6 is 0 Å². The Morgan fingerprint density at radius 1 is 1.00 bits per heavy atom.